The first-order chi connectivity index (χ1) is 11.9. The minimum atomic E-state index is 0.419. The van der Waals surface area contributed by atoms with Crippen LogP contribution in [0.1, 0.15) is 75.4 Å². The number of likely N-dealkylation sites (tertiary alicyclic amines) is 1. The van der Waals surface area contributed by atoms with E-state index < -0.39 is 0 Å². The van der Waals surface area contributed by atoms with Crippen molar-refractivity contribution in [3.05, 3.63) is 11.7 Å². The highest BCUT2D eigenvalue weighted by atomic mass is 16.5. The zero-order chi connectivity index (χ0) is 16.2. The van der Waals surface area contributed by atoms with E-state index in [9.17, 15) is 0 Å². The molecule has 0 radical (unpaired) electrons. The summed E-state index contributed by atoms with van der Waals surface area (Å²) in [6.07, 6.45) is 13.2. The van der Waals surface area contributed by atoms with Gasteiger partial charge in [-0.3, -0.25) is 0 Å². The Morgan fingerprint density at radius 1 is 1.00 bits per heavy atom. The Morgan fingerprint density at radius 3 is 2.54 bits per heavy atom. The van der Waals surface area contributed by atoms with E-state index in [1.807, 2.05) is 0 Å². The second-order valence-corrected chi connectivity index (χ2v) is 7.95. The number of ether oxygens (including phenoxy) is 1. The second kappa shape index (κ2) is 7.96. The van der Waals surface area contributed by atoms with Gasteiger partial charge in [-0.2, -0.15) is 4.98 Å². The third-order valence-electron chi connectivity index (χ3n) is 5.87. The second-order valence-electron chi connectivity index (χ2n) is 7.95. The summed E-state index contributed by atoms with van der Waals surface area (Å²) < 4.78 is 11.4. The van der Waals surface area contributed by atoms with E-state index in [1.54, 1.807) is 0 Å². The maximum absolute atomic E-state index is 6.06. The van der Waals surface area contributed by atoms with E-state index in [4.69, 9.17) is 9.26 Å². The molecule has 5 nitrogen and oxygen atoms in total. The fourth-order valence-electron chi connectivity index (χ4n) is 4.18. The number of piperidine rings is 1. The summed E-state index contributed by atoms with van der Waals surface area (Å²) in [5, 5.41) is 4.06. The van der Waals surface area contributed by atoms with Gasteiger partial charge in [0.05, 0.1) is 12.7 Å². The van der Waals surface area contributed by atoms with Crippen molar-refractivity contribution in [1.82, 2.24) is 15.0 Å². The van der Waals surface area contributed by atoms with Crippen molar-refractivity contribution >= 4 is 0 Å². The van der Waals surface area contributed by atoms with Crippen molar-refractivity contribution in [1.29, 1.82) is 0 Å². The van der Waals surface area contributed by atoms with Crippen LogP contribution in [-0.4, -0.2) is 47.4 Å². The van der Waals surface area contributed by atoms with Gasteiger partial charge in [-0.05, 0) is 44.4 Å². The first-order valence-electron chi connectivity index (χ1n) is 10.0. The van der Waals surface area contributed by atoms with Gasteiger partial charge < -0.3 is 14.2 Å². The number of hydrogen-bond donors (Lipinski definition) is 0. The molecular weight excluding hydrogens is 302 g/mol. The summed E-state index contributed by atoms with van der Waals surface area (Å²) in [7, 11) is 0. The minimum absolute atomic E-state index is 0.419. The molecule has 1 aliphatic heterocycles. The van der Waals surface area contributed by atoms with Crippen LogP contribution < -0.4 is 0 Å². The van der Waals surface area contributed by atoms with Gasteiger partial charge in [0.1, 0.15) is 0 Å². The van der Waals surface area contributed by atoms with E-state index in [0.717, 1.165) is 30.7 Å². The molecule has 3 fully saturated rings. The smallest absolute Gasteiger partial charge is 0.229 e. The fraction of sp³-hybridized carbons (Fsp3) is 0.895. The largest absolute Gasteiger partial charge is 0.378 e. The molecule has 2 heterocycles. The van der Waals surface area contributed by atoms with Crippen molar-refractivity contribution in [3.8, 4) is 0 Å². The van der Waals surface area contributed by atoms with E-state index in [2.05, 4.69) is 15.0 Å². The lowest BCUT2D eigenvalue weighted by molar-refractivity contribution is 0.00434. The molecular formula is C19H31N3O2. The predicted octanol–water partition coefficient (Wildman–Crippen LogP) is 3.55. The van der Waals surface area contributed by atoms with Crippen LogP contribution in [0.3, 0.4) is 0 Å². The zero-order valence-corrected chi connectivity index (χ0v) is 14.8. The molecule has 0 spiro atoms. The number of nitrogens with zero attached hydrogens (tertiary/aromatic N) is 3. The van der Waals surface area contributed by atoms with Gasteiger partial charge in [0.15, 0.2) is 5.82 Å². The molecule has 0 atom stereocenters. The highest BCUT2D eigenvalue weighted by Crippen LogP contribution is 2.38. The van der Waals surface area contributed by atoms with Crippen LogP contribution >= 0.6 is 0 Å². The summed E-state index contributed by atoms with van der Waals surface area (Å²) >= 11 is 0. The summed E-state index contributed by atoms with van der Waals surface area (Å²) in [5.41, 5.74) is 0. The van der Waals surface area contributed by atoms with Gasteiger partial charge in [-0.25, -0.2) is 0 Å². The van der Waals surface area contributed by atoms with Crippen molar-refractivity contribution in [2.24, 2.45) is 5.92 Å². The van der Waals surface area contributed by atoms with Crippen molar-refractivity contribution < 1.29 is 9.26 Å². The Labute approximate surface area is 145 Å². The summed E-state index contributed by atoms with van der Waals surface area (Å²) in [5.74, 6) is 3.14. The summed E-state index contributed by atoms with van der Waals surface area (Å²) in [4.78, 5) is 7.13. The van der Waals surface area contributed by atoms with Crippen LogP contribution in [-0.2, 0) is 11.2 Å². The maximum atomic E-state index is 6.06. The third-order valence-corrected chi connectivity index (χ3v) is 5.87. The van der Waals surface area contributed by atoms with Crippen LogP contribution in [0.2, 0.25) is 0 Å². The van der Waals surface area contributed by atoms with Crippen molar-refractivity contribution in [2.45, 2.75) is 76.2 Å². The Bertz CT molecular complexity index is 500. The first kappa shape index (κ1) is 16.5. The zero-order valence-electron chi connectivity index (χ0n) is 14.8. The van der Waals surface area contributed by atoms with E-state index in [0.29, 0.717) is 12.0 Å². The van der Waals surface area contributed by atoms with Crippen LogP contribution in [0.5, 0.6) is 0 Å². The summed E-state index contributed by atoms with van der Waals surface area (Å²) in [6.45, 7) is 4.45. The van der Waals surface area contributed by atoms with Crippen LogP contribution in [0.4, 0.5) is 0 Å². The minimum Gasteiger partial charge on any atom is -0.378 e. The molecule has 1 aromatic heterocycles. The molecule has 0 N–H and O–H groups in total. The molecule has 2 saturated carbocycles. The molecule has 0 amide bonds. The Morgan fingerprint density at radius 2 is 1.79 bits per heavy atom. The molecule has 134 valence electrons. The van der Waals surface area contributed by atoms with Crippen LogP contribution in [0.25, 0.3) is 0 Å². The number of hydrogen-bond acceptors (Lipinski definition) is 5. The molecule has 3 aliphatic rings. The third kappa shape index (κ3) is 4.57. The first-order valence-corrected chi connectivity index (χ1v) is 10.0. The van der Waals surface area contributed by atoms with E-state index in [-0.39, 0.29) is 0 Å². The Balaban J connectivity index is 1.11. The van der Waals surface area contributed by atoms with Gasteiger partial charge in [0.2, 0.25) is 5.89 Å². The van der Waals surface area contributed by atoms with Crippen LogP contribution in [0.15, 0.2) is 4.52 Å². The maximum Gasteiger partial charge on any atom is 0.229 e. The molecule has 5 heteroatoms. The Hall–Kier alpha value is -0.940. The monoisotopic (exact) mass is 333 g/mol. The highest BCUT2D eigenvalue weighted by molar-refractivity contribution is 5.01. The molecule has 0 bridgehead atoms. The lowest BCUT2D eigenvalue weighted by Gasteiger charge is -2.35. The van der Waals surface area contributed by atoms with E-state index >= 15 is 0 Å². The molecule has 2 aliphatic carbocycles. The molecule has 1 saturated heterocycles. The fourth-order valence-corrected chi connectivity index (χ4v) is 4.18. The molecule has 4 rings (SSSR count). The number of aromatic nitrogens is 2. The Kier molecular flexibility index (Phi) is 5.48. The lowest BCUT2D eigenvalue weighted by Crippen LogP contribution is -2.40. The van der Waals surface area contributed by atoms with Crippen molar-refractivity contribution in [2.75, 3.05) is 26.2 Å². The van der Waals surface area contributed by atoms with Gasteiger partial charge in [0, 0.05) is 32.0 Å². The van der Waals surface area contributed by atoms with Gasteiger partial charge >= 0.3 is 0 Å². The molecule has 1 aromatic rings. The molecule has 24 heavy (non-hydrogen) atoms. The van der Waals surface area contributed by atoms with Crippen molar-refractivity contribution in [3.63, 3.8) is 0 Å². The average molecular weight is 333 g/mol. The van der Waals surface area contributed by atoms with Crippen LogP contribution in [0, 0.1) is 5.92 Å². The summed E-state index contributed by atoms with van der Waals surface area (Å²) in [6, 6.07) is 0. The normalized spacial score (nSPS) is 24.5. The quantitative estimate of drug-likeness (QED) is 0.764. The van der Waals surface area contributed by atoms with Gasteiger partial charge in [-0.1, -0.05) is 24.4 Å². The topological polar surface area (TPSA) is 51.4 Å². The van der Waals surface area contributed by atoms with Gasteiger partial charge in [-0.15, -0.1) is 0 Å². The molecule has 0 aromatic carbocycles. The number of rotatable bonds is 7. The molecule has 0 unspecified atom stereocenters. The van der Waals surface area contributed by atoms with Gasteiger partial charge in [0.25, 0.3) is 0 Å². The SMILES string of the molecule is C1CCC(CN2CCC(OCCc3noc(C4CC4)n3)CC2)CC1. The van der Waals surface area contributed by atoms with E-state index in [1.165, 1.54) is 77.4 Å². The highest BCUT2D eigenvalue weighted by Gasteiger charge is 2.29. The standard InChI is InChI=1S/C19H31N3O2/c1-2-4-15(5-3-1)14-22-11-8-17(9-12-22)23-13-10-18-20-19(24-21-18)16-6-7-16/h15-17H,1-14H2. The average Bonchev–Trinajstić information content (AvgIpc) is 3.37. The predicted molar refractivity (Wildman–Crippen MR) is 92.0 cm³/mol. The lowest BCUT2D eigenvalue weighted by atomic mass is 9.88.